The van der Waals surface area contributed by atoms with Gasteiger partial charge in [0.2, 0.25) is 5.91 Å². The van der Waals surface area contributed by atoms with Crippen LogP contribution in [0.25, 0.3) is 0 Å². The van der Waals surface area contributed by atoms with Crippen molar-refractivity contribution >= 4 is 29.1 Å². The fraction of sp³-hybridized carbons (Fsp3) is 0.150. The Morgan fingerprint density at radius 2 is 1.74 bits per heavy atom. The predicted molar refractivity (Wildman–Crippen MR) is 102 cm³/mol. The van der Waals surface area contributed by atoms with Crippen LogP contribution in [0.4, 0.5) is 15.8 Å². The Labute approximate surface area is 156 Å². The van der Waals surface area contributed by atoms with Crippen molar-refractivity contribution in [1.82, 2.24) is 5.32 Å². The topological polar surface area (TPSA) is 87.3 Å². The van der Waals surface area contributed by atoms with E-state index in [9.17, 15) is 18.8 Å². The number of anilines is 2. The molecule has 2 aromatic rings. The maximum Gasteiger partial charge on any atom is 0.255 e. The zero-order valence-corrected chi connectivity index (χ0v) is 14.8. The molecule has 6 nitrogen and oxygen atoms in total. The molecule has 2 rings (SSSR count). The monoisotopic (exact) mass is 369 g/mol. The molecule has 140 valence electrons. The highest BCUT2D eigenvalue weighted by Crippen LogP contribution is 2.20. The van der Waals surface area contributed by atoms with Crippen LogP contribution >= 0.6 is 0 Å². The second-order valence-electron chi connectivity index (χ2n) is 5.68. The maximum atomic E-state index is 13.8. The number of halogens is 1. The molecule has 0 bridgehead atoms. The summed E-state index contributed by atoms with van der Waals surface area (Å²) in [6.07, 6.45) is 1.82. The average Bonchev–Trinajstić information content (AvgIpc) is 2.68. The zero-order chi connectivity index (χ0) is 19.8. The van der Waals surface area contributed by atoms with E-state index in [1.807, 2.05) is 6.92 Å². The van der Waals surface area contributed by atoms with Crippen molar-refractivity contribution in [2.24, 2.45) is 0 Å². The molecule has 0 unspecified atom stereocenters. The smallest absolute Gasteiger partial charge is 0.255 e. The van der Waals surface area contributed by atoms with Crippen LogP contribution in [0.5, 0.6) is 0 Å². The van der Waals surface area contributed by atoms with Crippen LogP contribution < -0.4 is 16.0 Å². The first-order valence-corrected chi connectivity index (χ1v) is 8.37. The van der Waals surface area contributed by atoms with Gasteiger partial charge in [0.25, 0.3) is 11.8 Å². The summed E-state index contributed by atoms with van der Waals surface area (Å²) in [6.45, 7) is 5.79. The lowest BCUT2D eigenvalue weighted by atomic mass is 10.1. The van der Waals surface area contributed by atoms with Gasteiger partial charge >= 0.3 is 0 Å². The van der Waals surface area contributed by atoms with Gasteiger partial charge in [-0.2, -0.15) is 0 Å². The molecule has 0 aliphatic carbocycles. The lowest BCUT2D eigenvalue weighted by Gasteiger charge is -2.10. The van der Waals surface area contributed by atoms with E-state index >= 15 is 0 Å². The van der Waals surface area contributed by atoms with E-state index in [0.717, 1.165) is 18.6 Å². The maximum absolute atomic E-state index is 13.8. The van der Waals surface area contributed by atoms with Crippen molar-refractivity contribution < 1.29 is 18.8 Å². The van der Waals surface area contributed by atoms with Crippen LogP contribution in [-0.2, 0) is 4.79 Å². The molecule has 0 atom stereocenters. The van der Waals surface area contributed by atoms with Crippen molar-refractivity contribution in [2.45, 2.75) is 13.3 Å². The summed E-state index contributed by atoms with van der Waals surface area (Å²) in [5.74, 6) is -1.93. The lowest BCUT2D eigenvalue weighted by Crippen LogP contribution is -2.24. The summed E-state index contributed by atoms with van der Waals surface area (Å²) in [5, 5.41) is 7.67. The van der Waals surface area contributed by atoms with Gasteiger partial charge in [0.05, 0.1) is 5.69 Å². The summed E-state index contributed by atoms with van der Waals surface area (Å²) in [6, 6.07) is 10.1. The van der Waals surface area contributed by atoms with Gasteiger partial charge in [-0.25, -0.2) is 4.39 Å². The standard InChI is InChI=1S/C20H20FN3O3/c1-3-10-22-19(26)13-6-5-7-14(11-13)20(27)23-15-8-9-16(21)17(12-15)24-18(25)4-2/h4-9,11-12H,2-3,10H2,1H3,(H,22,26)(H,23,27)(H,24,25). The summed E-state index contributed by atoms with van der Waals surface area (Å²) in [7, 11) is 0. The van der Waals surface area contributed by atoms with Gasteiger partial charge in [0.1, 0.15) is 5.82 Å². The molecule has 0 fully saturated rings. The van der Waals surface area contributed by atoms with Gasteiger partial charge in [-0.1, -0.05) is 19.6 Å². The molecule has 0 spiro atoms. The van der Waals surface area contributed by atoms with Gasteiger partial charge in [-0.15, -0.1) is 0 Å². The van der Waals surface area contributed by atoms with E-state index in [-0.39, 0.29) is 17.2 Å². The van der Waals surface area contributed by atoms with Crippen molar-refractivity contribution in [3.63, 3.8) is 0 Å². The second-order valence-corrected chi connectivity index (χ2v) is 5.68. The van der Waals surface area contributed by atoms with Crippen LogP contribution in [0.15, 0.2) is 55.1 Å². The Morgan fingerprint density at radius 1 is 1.04 bits per heavy atom. The molecule has 3 amide bonds. The van der Waals surface area contributed by atoms with Gasteiger partial charge in [0, 0.05) is 23.4 Å². The molecule has 0 radical (unpaired) electrons. The Morgan fingerprint density at radius 3 is 2.41 bits per heavy atom. The Bertz CT molecular complexity index is 881. The van der Waals surface area contributed by atoms with Crippen LogP contribution in [0.3, 0.4) is 0 Å². The zero-order valence-electron chi connectivity index (χ0n) is 14.8. The fourth-order valence-electron chi connectivity index (χ4n) is 2.23. The minimum Gasteiger partial charge on any atom is -0.352 e. The number of amides is 3. The van der Waals surface area contributed by atoms with Gasteiger partial charge in [0.15, 0.2) is 0 Å². The first kappa shape index (κ1) is 19.8. The summed E-state index contributed by atoms with van der Waals surface area (Å²) >= 11 is 0. The number of benzene rings is 2. The number of carbonyl (C=O) groups is 3. The highest BCUT2D eigenvalue weighted by atomic mass is 19.1. The van der Waals surface area contributed by atoms with Crippen molar-refractivity contribution in [3.05, 3.63) is 72.1 Å². The van der Waals surface area contributed by atoms with Gasteiger partial charge in [-0.3, -0.25) is 14.4 Å². The SMILES string of the molecule is C=CC(=O)Nc1cc(NC(=O)c2cccc(C(=O)NCCC)c2)ccc1F. The van der Waals surface area contributed by atoms with Gasteiger partial charge in [-0.05, 0) is 48.9 Å². The first-order chi connectivity index (χ1) is 12.9. The highest BCUT2D eigenvalue weighted by molar-refractivity contribution is 6.06. The molecule has 7 heteroatoms. The van der Waals surface area contributed by atoms with E-state index in [2.05, 4.69) is 22.5 Å². The molecule has 0 saturated heterocycles. The number of hydrogen-bond acceptors (Lipinski definition) is 3. The molecular formula is C20H20FN3O3. The number of nitrogens with one attached hydrogen (secondary N) is 3. The van der Waals surface area contributed by atoms with Crippen molar-refractivity contribution in [2.75, 3.05) is 17.2 Å². The molecule has 2 aromatic carbocycles. The average molecular weight is 369 g/mol. The number of rotatable bonds is 7. The summed E-state index contributed by atoms with van der Waals surface area (Å²) in [4.78, 5) is 35.8. The second kappa shape index (κ2) is 9.28. The van der Waals surface area contributed by atoms with E-state index in [4.69, 9.17) is 0 Å². The summed E-state index contributed by atoms with van der Waals surface area (Å²) < 4.78 is 13.8. The minimum absolute atomic E-state index is 0.0783. The normalized spacial score (nSPS) is 10.0. The van der Waals surface area contributed by atoms with E-state index in [1.165, 1.54) is 18.2 Å². The third-order valence-electron chi connectivity index (χ3n) is 3.59. The third-order valence-corrected chi connectivity index (χ3v) is 3.59. The van der Waals surface area contributed by atoms with E-state index in [0.29, 0.717) is 17.8 Å². The molecule has 0 heterocycles. The fourth-order valence-corrected chi connectivity index (χ4v) is 2.23. The van der Waals surface area contributed by atoms with E-state index in [1.54, 1.807) is 18.2 Å². The Kier molecular flexibility index (Phi) is 6.82. The first-order valence-electron chi connectivity index (χ1n) is 8.37. The number of hydrogen-bond donors (Lipinski definition) is 3. The van der Waals surface area contributed by atoms with Crippen LogP contribution in [0.2, 0.25) is 0 Å². The Balaban J connectivity index is 2.15. The van der Waals surface area contributed by atoms with Crippen LogP contribution in [0, 0.1) is 5.82 Å². The number of carbonyl (C=O) groups excluding carboxylic acids is 3. The van der Waals surface area contributed by atoms with Crippen LogP contribution in [0.1, 0.15) is 34.1 Å². The Hall–Kier alpha value is -3.48. The minimum atomic E-state index is -0.641. The largest absolute Gasteiger partial charge is 0.352 e. The molecule has 0 saturated carbocycles. The van der Waals surface area contributed by atoms with Crippen molar-refractivity contribution in [1.29, 1.82) is 0 Å². The highest BCUT2D eigenvalue weighted by Gasteiger charge is 2.12. The molecule has 0 aliphatic heterocycles. The molecule has 3 N–H and O–H groups in total. The molecule has 27 heavy (non-hydrogen) atoms. The molecule has 0 aromatic heterocycles. The third kappa shape index (κ3) is 5.50. The van der Waals surface area contributed by atoms with Crippen molar-refractivity contribution in [3.8, 4) is 0 Å². The van der Waals surface area contributed by atoms with E-state index < -0.39 is 17.6 Å². The van der Waals surface area contributed by atoms with Crippen LogP contribution in [-0.4, -0.2) is 24.3 Å². The summed E-state index contributed by atoms with van der Waals surface area (Å²) in [5.41, 5.74) is 0.862. The predicted octanol–water partition coefficient (Wildman–Crippen LogP) is 3.34. The molecule has 0 aliphatic rings. The lowest BCUT2D eigenvalue weighted by molar-refractivity contribution is -0.111. The quantitative estimate of drug-likeness (QED) is 0.654. The molecular weight excluding hydrogens is 349 g/mol. The van der Waals surface area contributed by atoms with Gasteiger partial charge < -0.3 is 16.0 Å².